The van der Waals surface area contributed by atoms with Gasteiger partial charge in [0, 0.05) is 19.7 Å². The average Bonchev–Trinajstić information content (AvgIpc) is 3.01. The highest BCUT2D eigenvalue weighted by Gasteiger charge is 2.17. The van der Waals surface area contributed by atoms with Crippen LogP contribution in [0, 0.1) is 0 Å². The predicted octanol–water partition coefficient (Wildman–Crippen LogP) is 3.24. The van der Waals surface area contributed by atoms with Crippen LogP contribution in [0.5, 0.6) is 0 Å². The molecule has 2 aromatic carbocycles. The van der Waals surface area contributed by atoms with E-state index >= 15 is 0 Å². The normalized spacial score (nSPS) is 10.5. The van der Waals surface area contributed by atoms with E-state index in [-0.39, 0.29) is 5.91 Å². The topological polar surface area (TPSA) is 38.1 Å². The largest absolute Gasteiger partial charge is 0.343 e. The van der Waals surface area contributed by atoms with Crippen LogP contribution in [-0.4, -0.2) is 34.7 Å². The Labute approximate surface area is 129 Å². The Balaban J connectivity index is 2.17. The fraction of sp³-hybridized carbons (Fsp3) is 0.111. The molecule has 0 aliphatic heterocycles. The molecule has 0 bridgehead atoms. The lowest BCUT2D eigenvalue weighted by Gasteiger charge is -2.07. The summed E-state index contributed by atoms with van der Waals surface area (Å²) in [5.74, 6) is -0.105. The van der Waals surface area contributed by atoms with Crippen molar-refractivity contribution in [2.45, 2.75) is 0 Å². The summed E-state index contributed by atoms with van der Waals surface area (Å²) in [6.07, 6.45) is 0. The Morgan fingerprint density at radius 3 is 2.14 bits per heavy atom. The molecular weight excluding hydrogens is 274 g/mol. The maximum atomic E-state index is 12.2. The van der Waals surface area contributed by atoms with Crippen molar-refractivity contribution in [3.8, 4) is 16.9 Å². The van der Waals surface area contributed by atoms with Crippen LogP contribution in [0.2, 0.25) is 0 Å². The first-order valence-electron chi connectivity index (χ1n) is 7.09. The molecule has 0 fully saturated rings. The lowest BCUT2D eigenvalue weighted by molar-refractivity contribution is 0.0821. The number of rotatable bonds is 3. The van der Waals surface area contributed by atoms with Gasteiger partial charge in [0.25, 0.3) is 5.91 Å². The van der Waals surface area contributed by atoms with Gasteiger partial charge in [0.05, 0.1) is 11.4 Å². The van der Waals surface area contributed by atoms with E-state index in [0.29, 0.717) is 5.69 Å². The number of aromatic nitrogens is 2. The summed E-state index contributed by atoms with van der Waals surface area (Å²) >= 11 is 0. The quantitative estimate of drug-likeness (QED) is 0.743. The van der Waals surface area contributed by atoms with Gasteiger partial charge in [-0.2, -0.15) is 5.10 Å². The summed E-state index contributed by atoms with van der Waals surface area (Å²) in [5.41, 5.74) is 3.29. The standard InChI is InChI=1S/C18H17N3O/c1-20(2)18(22)16-13-17(14-9-5-3-6-10-14)21(19-16)15-11-7-4-8-12-15/h3-13H,1-2H3. The van der Waals surface area contributed by atoms with Crippen LogP contribution < -0.4 is 0 Å². The Kier molecular flexibility index (Phi) is 3.74. The number of carbonyl (C=O) groups excluding carboxylic acids is 1. The Morgan fingerprint density at radius 1 is 0.955 bits per heavy atom. The van der Waals surface area contributed by atoms with E-state index in [0.717, 1.165) is 16.9 Å². The second-order valence-electron chi connectivity index (χ2n) is 5.23. The molecule has 0 aliphatic rings. The van der Waals surface area contributed by atoms with Crippen molar-refractivity contribution in [3.63, 3.8) is 0 Å². The van der Waals surface area contributed by atoms with Crippen LogP contribution in [0.3, 0.4) is 0 Å². The molecule has 0 unspecified atom stereocenters. The first-order chi connectivity index (χ1) is 10.7. The molecule has 4 heteroatoms. The van der Waals surface area contributed by atoms with Crippen LogP contribution in [0.25, 0.3) is 16.9 Å². The van der Waals surface area contributed by atoms with Crippen molar-refractivity contribution >= 4 is 5.91 Å². The van der Waals surface area contributed by atoms with E-state index in [4.69, 9.17) is 0 Å². The number of benzene rings is 2. The molecular formula is C18H17N3O. The van der Waals surface area contributed by atoms with E-state index in [2.05, 4.69) is 5.10 Å². The summed E-state index contributed by atoms with van der Waals surface area (Å²) in [7, 11) is 3.46. The van der Waals surface area contributed by atoms with Crippen molar-refractivity contribution in [2.24, 2.45) is 0 Å². The number of hydrogen-bond acceptors (Lipinski definition) is 2. The fourth-order valence-electron chi connectivity index (χ4n) is 2.30. The molecule has 3 aromatic rings. The van der Waals surface area contributed by atoms with Gasteiger partial charge in [-0.3, -0.25) is 4.79 Å². The zero-order valence-corrected chi connectivity index (χ0v) is 12.6. The van der Waals surface area contributed by atoms with Gasteiger partial charge in [0.2, 0.25) is 0 Å². The first kappa shape index (κ1) is 14.1. The first-order valence-corrected chi connectivity index (χ1v) is 7.09. The molecule has 0 saturated heterocycles. The second-order valence-corrected chi connectivity index (χ2v) is 5.23. The number of carbonyl (C=O) groups is 1. The van der Waals surface area contributed by atoms with Gasteiger partial charge in [0.15, 0.2) is 5.69 Å². The zero-order valence-electron chi connectivity index (χ0n) is 12.6. The van der Waals surface area contributed by atoms with E-state index in [9.17, 15) is 4.79 Å². The summed E-state index contributed by atoms with van der Waals surface area (Å²) in [4.78, 5) is 13.8. The van der Waals surface area contributed by atoms with Crippen LogP contribution in [0.15, 0.2) is 66.7 Å². The minimum absolute atomic E-state index is 0.105. The Hall–Kier alpha value is -2.88. The number of hydrogen-bond donors (Lipinski definition) is 0. The molecule has 110 valence electrons. The van der Waals surface area contributed by atoms with Gasteiger partial charge >= 0.3 is 0 Å². The van der Waals surface area contributed by atoms with Gasteiger partial charge in [-0.1, -0.05) is 48.5 Å². The molecule has 1 heterocycles. The van der Waals surface area contributed by atoms with Gasteiger partial charge < -0.3 is 4.90 Å². The van der Waals surface area contributed by atoms with E-state index in [1.54, 1.807) is 14.1 Å². The van der Waals surface area contributed by atoms with Gasteiger partial charge in [0.1, 0.15) is 0 Å². The second kappa shape index (κ2) is 5.85. The molecule has 0 radical (unpaired) electrons. The molecule has 22 heavy (non-hydrogen) atoms. The van der Waals surface area contributed by atoms with Crippen LogP contribution in [-0.2, 0) is 0 Å². The van der Waals surface area contributed by atoms with Crippen LogP contribution >= 0.6 is 0 Å². The van der Waals surface area contributed by atoms with E-state index in [1.165, 1.54) is 4.90 Å². The van der Waals surface area contributed by atoms with Crippen molar-refractivity contribution in [1.82, 2.24) is 14.7 Å². The fourth-order valence-corrected chi connectivity index (χ4v) is 2.30. The van der Waals surface area contributed by atoms with E-state index in [1.807, 2.05) is 71.4 Å². The molecule has 0 atom stereocenters. The summed E-state index contributed by atoms with van der Waals surface area (Å²) in [6, 6.07) is 21.6. The molecule has 0 aliphatic carbocycles. The molecule has 0 spiro atoms. The predicted molar refractivity (Wildman–Crippen MR) is 87.0 cm³/mol. The summed E-state index contributed by atoms with van der Waals surface area (Å²) < 4.78 is 1.81. The van der Waals surface area contributed by atoms with Crippen molar-refractivity contribution in [2.75, 3.05) is 14.1 Å². The maximum absolute atomic E-state index is 12.2. The molecule has 4 nitrogen and oxygen atoms in total. The summed E-state index contributed by atoms with van der Waals surface area (Å²) in [6.45, 7) is 0. The van der Waals surface area contributed by atoms with Gasteiger partial charge in [-0.05, 0) is 18.2 Å². The zero-order chi connectivity index (χ0) is 15.5. The molecule has 1 amide bonds. The lowest BCUT2D eigenvalue weighted by Crippen LogP contribution is -2.22. The third-order valence-electron chi connectivity index (χ3n) is 3.40. The third kappa shape index (κ3) is 2.63. The average molecular weight is 291 g/mol. The van der Waals surface area contributed by atoms with Crippen molar-refractivity contribution in [3.05, 3.63) is 72.4 Å². The smallest absolute Gasteiger partial charge is 0.273 e. The molecule has 1 aromatic heterocycles. The lowest BCUT2D eigenvalue weighted by atomic mass is 10.1. The molecule has 0 N–H and O–H groups in total. The van der Waals surface area contributed by atoms with E-state index < -0.39 is 0 Å². The minimum atomic E-state index is -0.105. The third-order valence-corrected chi connectivity index (χ3v) is 3.40. The number of nitrogens with zero attached hydrogens (tertiary/aromatic N) is 3. The number of amides is 1. The molecule has 0 saturated carbocycles. The SMILES string of the molecule is CN(C)C(=O)c1cc(-c2ccccc2)n(-c2ccccc2)n1. The maximum Gasteiger partial charge on any atom is 0.273 e. The van der Waals surface area contributed by atoms with Crippen molar-refractivity contribution in [1.29, 1.82) is 0 Å². The molecule has 3 rings (SSSR count). The van der Waals surface area contributed by atoms with Gasteiger partial charge in [-0.15, -0.1) is 0 Å². The minimum Gasteiger partial charge on any atom is -0.343 e. The van der Waals surface area contributed by atoms with Crippen LogP contribution in [0.1, 0.15) is 10.5 Å². The highest BCUT2D eigenvalue weighted by molar-refractivity contribution is 5.93. The van der Waals surface area contributed by atoms with Crippen molar-refractivity contribution < 1.29 is 4.79 Å². The summed E-state index contributed by atoms with van der Waals surface area (Å²) in [5, 5.41) is 4.50. The van der Waals surface area contributed by atoms with Gasteiger partial charge in [-0.25, -0.2) is 4.68 Å². The van der Waals surface area contributed by atoms with Crippen LogP contribution in [0.4, 0.5) is 0 Å². The Bertz CT molecular complexity index is 720. The highest BCUT2D eigenvalue weighted by atomic mass is 16.2. The Morgan fingerprint density at radius 2 is 1.55 bits per heavy atom. The highest BCUT2D eigenvalue weighted by Crippen LogP contribution is 2.24. The number of para-hydroxylation sites is 1. The monoisotopic (exact) mass is 291 g/mol.